The van der Waals surface area contributed by atoms with E-state index in [1.807, 2.05) is 6.08 Å². The van der Waals surface area contributed by atoms with Crippen LogP contribution in [0.4, 0.5) is 0 Å². The van der Waals surface area contributed by atoms with Crippen molar-refractivity contribution in [2.24, 2.45) is 0 Å². The van der Waals surface area contributed by atoms with Crippen LogP contribution in [-0.4, -0.2) is 87.5 Å². The van der Waals surface area contributed by atoms with Gasteiger partial charge in [-0.15, -0.1) is 0 Å². The SMILES string of the molecule is CCCCCCCCCCCC/C=C/CC/C=C/C(O)C(COC1OC(CO)C(O)C(O)C1O)NC(=O)CCCCCCCCCCCCCCCCCCC/C=C\CCCCCCCCCCCCCCCCCC. The van der Waals surface area contributed by atoms with E-state index in [1.165, 1.54) is 270 Å². The molecule has 0 radical (unpaired) electrons. The van der Waals surface area contributed by atoms with E-state index in [1.54, 1.807) is 6.08 Å². The number of hydrogen-bond donors (Lipinski definition) is 6. The number of amides is 1. The zero-order valence-electron chi connectivity index (χ0n) is 50.0. The summed E-state index contributed by atoms with van der Waals surface area (Å²) in [5.74, 6) is -0.182. The van der Waals surface area contributed by atoms with E-state index in [9.17, 15) is 30.3 Å². The van der Waals surface area contributed by atoms with Crippen LogP contribution in [0.2, 0.25) is 0 Å². The fourth-order valence-electron chi connectivity index (χ4n) is 10.7. The Hall–Kier alpha value is -1.59. The number of aliphatic hydroxyl groups is 5. The summed E-state index contributed by atoms with van der Waals surface area (Å²) in [7, 11) is 0. The molecule has 1 aliphatic rings. The van der Waals surface area contributed by atoms with Gasteiger partial charge in [0.25, 0.3) is 0 Å². The van der Waals surface area contributed by atoms with Gasteiger partial charge in [0.1, 0.15) is 24.4 Å². The van der Waals surface area contributed by atoms with Gasteiger partial charge in [-0.05, 0) is 57.8 Å². The van der Waals surface area contributed by atoms with E-state index in [-0.39, 0.29) is 12.5 Å². The molecule has 1 aliphatic heterocycles. The van der Waals surface area contributed by atoms with E-state index < -0.39 is 49.5 Å². The van der Waals surface area contributed by atoms with Crippen molar-refractivity contribution in [1.82, 2.24) is 5.32 Å². The van der Waals surface area contributed by atoms with Gasteiger partial charge >= 0.3 is 0 Å². The predicted octanol–water partition coefficient (Wildman–Crippen LogP) is 17.5. The molecular weight excluding hydrogens is 947 g/mol. The Morgan fingerprint density at radius 2 is 0.750 bits per heavy atom. The Bertz CT molecular complexity index is 1290. The van der Waals surface area contributed by atoms with Crippen LogP contribution in [-0.2, 0) is 14.3 Å². The summed E-state index contributed by atoms with van der Waals surface area (Å²) in [4.78, 5) is 13.1. The monoisotopic (exact) mass is 1070 g/mol. The van der Waals surface area contributed by atoms with Gasteiger partial charge in [-0.25, -0.2) is 0 Å². The van der Waals surface area contributed by atoms with Gasteiger partial charge in [0.05, 0.1) is 25.4 Å². The normalized spacial score (nSPS) is 19.0. The summed E-state index contributed by atoms with van der Waals surface area (Å²) >= 11 is 0. The Labute approximate surface area is 470 Å². The second kappa shape index (κ2) is 56.7. The minimum atomic E-state index is -1.57. The molecule has 1 heterocycles. The maximum absolute atomic E-state index is 13.1. The molecule has 1 amide bonds. The number of hydrogen-bond acceptors (Lipinski definition) is 8. The van der Waals surface area contributed by atoms with Crippen LogP contribution in [0.15, 0.2) is 36.5 Å². The van der Waals surface area contributed by atoms with Crippen molar-refractivity contribution in [3.05, 3.63) is 36.5 Å². The quantitative estimate of drug-likeness (QED) is 0.0261. The third-order valence-corrected chi connectivity index (χ3v) is 15.9. The largest absolute Gasteiger partial charge is 0.394 e. The number of aliphatic hydroxyl groups excluding tert-OH is 5. The van der Waals surface area contributed by atoms with Crippen LogP contribution >= 0.6 is 0 Å². The van der Waals surface area contributed by atoms with Crippen molar-refractivity contribution in [2.75, 3.05) is 13.2 Å². The zero-order chi connectivity index (χ0) is 55.0. The summed E-state index contributed by atoms with van der Waals surface area (Å²) < 4.78 is 11.3. The van der Waals surface area contributed by atoms with Crippen LogP contribution in [0.25, 0.3) is 0 Å². The Kier molecular flexibility index (Phi) is 54.0. The summed E-state index contributed by atoms with van der Waals surface area (Å²) in [5, 5.41) is 54.5. The standard InChI is InChI=1S/C67H127NO8/c1-3-5-7-9-11-13-15-17-19-21-22-23-24-25-26-27-28-29-30-31-32-33-34-35-36-37-38-39-40-41-43-45-47-49-51-53-55-57-63(71)68-60(59-75-67-66(74)65(73)64(72)62(58-69)76-67)61(70)56-54-52-50-48-46-44-42-20-18-16-14-12-10-8-6-4-2/h29-30,46,48,54,56,60-62,64-67,69-70,72-74H,3-28,31-45,47,49-53,55,57-59H2,1-2H3,(H,68,71)/b30-29-,48-46+,56-54+. The van der Waals surface area contributed by atoms with Gasteiger partial charge in [-0.1, -0.05) is 301 Å². The lowest BCUT2D eigenvalue weighted by Crippen LogP contribution is -2.60. The molecule has 0 aliphatic carbocycles. The maximum atomic E-state index is 13.1. The second-order valence-corrected chi connectivity index (χ2v) is 23.3. The number of nitrogens with one attached hydrogen (secondary N) is 1. The number of allylic oxidation sites excluding steroid dienone is 5. The average molecular weight is 1070 g/mol. The molecule has 9 heteroatoms. The first kappa shape index (κ1) is 72.4. The van der Waals surface area contributed by atoms with Crippen molar-refractivity contribution < 1.29 is 39.8 Å². The van der Waals surface area contributed by atoms with Gasteiger partial charge in [-0.2, -0.15) is 0 Å². The van der Waals surface area contributed by atoms with Crippen LogP contribution < -0.4 is 5.32 Å². The first-order chi connectivity index (χ1) is 37.3. The highest BCUT2D eigenvalue weighted by Gasteiger charge is 2.44. The number of unbranched alkanes of at least 4 members (excludes halogenated alkanes) is 44. The lowest BCUT2D eigenvalue weighted by atomic mass is 9.99. The molecule has 0 bridgehead atoms. The zero-order valence-corrected chi connectivity index (χ0v) is 50.0. The predicted molar refractivity (Wildman–Crippen MR) is 323 cm³/mol. The molecule has 448 valence electrons. The van der Waals surface area contributed by atoms with E-state index in [2.05, 4.69) is 43.5 Å². The fraction of sp³-hybridized carbons (Fsp3) is 0.896. The number of ether oxygens (including phenoxy) is 2. The van der Waals surface area contributed by atoms with E-state index in [0.29, 0.717) is 6.42 Å². The molecule has 0 saturated carbocycles. The molecule has 1 rings (SSSR count). The number of carbonyl (C=O) groups is 1. The highest BCUT2D eigenvalue weighted by molar-refractivity contribution is 5.76. The topological polar surface area (TPSA) is 149 Å². The molecule has 0 aromatic carbocycles. The molecule has 0 aromatic rings. The Morgan fingerprint density at radius 1 is 0.434 bits per heavy atom. The lowest BCUT2D eigenvalue weighted by Gasteiger charge is -2.40. The first-order valence-corrected chi connectivity index (χ1v) is 33.2. The van der Waals surface area contributed by atoms with Gasteiger partial charge in [-0.3, -0.25) is 4.79 Å². The van der Waals surface area contributed by atoms with Gasteiger partial charge in [0.15, 0.2) is 6.29 Å². The molecule has 76 heavy (non-hydrogen) atoms. The molecule has 1 fully saturated rings. The average Bonchev–Trinajstić information content (AvgIpc) is 3.42. The van der Waals surface area contributed by atoms with Crippen molar-refractivity contribution in [1.29, 1.82) is 0 Å². The molecule has 1 saturated heterocycles. The lowest BCUT2D eigenvalue weighted by molar-refractivity contribution is -0.302. The van der Waals surface area contributed by atoms with Crippen molar-refractivity contribution in [3.63, 3.8) is 0 Å². The molecule has 0 aromatic heterocycles. The molecular formula is C67H127NO8. The van der Waals surface area contributed by atoms with Gasteiger partial charge in [0.2, 0.25) is 5.91 Å². The van der Waals surface area contributed by atoms with Gasteiger partial charge in [0, 0.05) is 6.42 Å². The summed E-state index contributed by atoms with van der Waals surface area (Å²) in [6.07, 6.45) is 68.3. The van der Waals surface area contributed by atoms with Crippen LogP contribution in [0.3, 0.4) is 0 Å². The van der Waals surface area contributed by atoms with Crippen molar-refractivity contribution in [2.45, 2.75) is 371 Å². The minimum Gasteiger partial charge on any atom is -0.394 e. The van der Waals surface area contributed by atoms with E-state index >= 15 is 0 Å². The van der Waals surface area contributed by atoms with Gasteiger partial charge < -0.3 is 40.3 Å². The highest BCUT2D eigenvalue weighted by Crippen LogP contribution is 2.23. The molecule has 7 atom stereocenters. The highest BCUT2D eigenvalue weighted by atomic mass is 16.7. The van der Waals surface area contributed by atoms with Crippen LogP contribution in [0.5, 0.6) is 0 Å². The third-order valence-electron chi connectivity index (χ3n) is 15.9. The number of carbonyl (C=O) groups excluding carboxylic acids is 1. The molecule has 0 spiro atoms. The Balaban J connectivity index is 2.07. The van der Waals surface area contributed by atoms with E-state index in [4.69, 9.17) is 9.47 Å². The first-order valence-electron chi connectivity index (χ1n) is 33.2. The van der Waals surface area contributed by atoms with E-state index in [0.717, 1.165) is 38.5 Å². The van der Waals surface area contributed by atoms with Crippen molar-refractivity contribution in [3.8, 4) is 0 Å². The van der Waals surface area contributed by atoms with Crippen LogP contribution in [0.1, 0.15) is 328 Å². The Morgan fingerprint density at radius 3 is 1.11 bits per heavy atom. The molecule has 7 unspecified atom stereocenters. The summed E-state index contributed by atoms with van der Waals surface area (Å²) in [6, 6.07) is -0.820. The smallest absolute Gasteiger partial charge is 0.220 e. The fourth-order valence-corrected chi connectivity index (χ4v) is 10.7. The summed E-state index contributed by atoms with van der Waals surface area (Å²) in [5.41, 5.74) is 0. The molecule has 6 N–H and O–H groups in total. The third kappa shape index (κ3) is 45.2. The second-order valence-electron chi connectivity index (χ2n) is 23.3. The van der Waals surface area contributed by atoms with Crippen LogP contribution in [0, 0.1) is 0 Å². The summed E-state index contributed by atoms with van der Waals surface area (Å²) in [6.45, 7) is 3.80. The molecule has 9 nitrogen and oxygen atoms in total. The number of rotatable bonds is 58. The maximum Gasteiger partial charge on any atom is 0.220 e. The van der Waals surface area contributed by atoms with Crippen molar-refractivity contribution >= 4 is 5.91 Å². The minimum absolute atomic E-state index is 0.182.